The van der Waals surface area contributed by atoms with Crippen LogP contribution in [0.1, 0.15) is 38.6 Å². The van der Waals surface area contributed by atoms with Gasteiger partial charge in [-0.3, -0.25) is 4.68 Å². The van der Waals surface area contributed by atoms with Crippen LogP contribution in [-0.4, -0.2) is 28.0 Å². The lowest BCUT2D eigenvalue weighted by molar-refractivity contribution is 0.206. The molecule has 0 atom stereocenters. The van der Waals surface area contributed by atoms with E-state index in [0.29, 0.717) is 0 Å². The summed E-state index contributed by atoms with van der Waals surface area (Å²) in [4.78, 5) is 0. The van der Waals surface area contributed by atoms with Crippen LogP contribution in [0.5, 0.6) is 0 Å². The highest BCUT2D eigenvalue weighted by molar-refractivity contribution is 5.09. The lowest BCUT2D eigenvalue weighted by Crippen LogP contribution is -2.30. The van der Waals surface area contributed by atoms with E-state index in [4.69, 9.17) is 5.11 Å². The van der Waals surface area contributed by atoms with Gasteiger partial charge in [0.05, 0.1) is 11.4 Å². The molecule has 0 fully saturated rings. The molecule has 0 aliphatic rings. The number of rotatable bonds is 7. The Balaban J connectivity index is 2.42. The monoisotopic (exact) mass is 239 g/mol. The van der Waals surface area contributed by atoms with Gasteiger partial charge in [-0.2, -0.15) is 5.10 Å². The van der Waals surface area contributed by atoms with Crippen LogP contribution < -0.4 is 5.32 Å². The molecule has 0 saturated carbocycles. The molecule has 1 aromatic heterocycles. The molecule has 0 amide bonds. The van der Waals surface area contributed by atoms with Crippen LogP contribution in [0.15, 0.2) is 6.07 Å². The smallest absolute Gasteiger partial charge is 0.0625 e. The maximum Gasteiger partial charge on any atom is 0.0625 e. The van der Waals surface area contributed by atoms with Gasteiger partial charge in [-0.25, -0.2) is 0 Å². The highest BCUT2D eigenvalue weighted by Crippen LogP contribution is 2.18. The first-order chi connectivity index (χ1) is 7.98. The van der Waals surface area contributed by atoms with E-state index in [0.717, 1.165) is 31.6 Å². The Kier molecular flexibility index (Phi) is 5.15. The van der Waals surface area contributed by atoms with Crippen LogP contribution in [0.25, 0.3) is 0 Å². The Labute approximate surface area is 104 Å². The topological polar surface area (TPSA) is 50.1 Å². The standard InChI is InChI=1S/C13H25N3O/c1-5-11-8-12(16(4)15-11)9-14-10-13(2,3)6-7-17/h8,14,17H,5-7,9-10H2,1-4H3. The summed E-state index contributed by atoms with van der Waals surface area (Å²) in [5.41, 5.74) is 2.49. The van der Waals surface area contributed by atoms with Crippen molar-refractivity contribution in [1.29, 1.82) is 0 Å². The van der Waals surface area contributed by atoms with Crippen LogP contribution in [0, 0.1) is 5.41 Å². The summed E-state index contributed by atoms with van der Waals surface area (Å²) in [5, 5.41) is 16.8. The fourth-order valence-corrected chi connectivity index (χ4v) is 1.83. The second kappa shape index (κ2) is 6.17. The Morgan fingerprint density at radius 3 is 2.71 bits per heavy atom. The third-order valence-electron chi connectivity index (χ3n) is 3.09. The molecule has 0 spiro atoms. The van der Waals surface area contributed by atoms with Crippen molar-refractivity contribution >= 4 is 0 Å². The molecule has 0 unspecified atom stereocenters. The first-order valence-corrected chi connectivity index (χ1v) is 6.32. The molecular formula is C13H25N3O. The number of nitrogens with one attached hydrogen (secondary N) is 1. The average molecular weight is 239 g/mol. The Hall–Kier alpha value is -0.870. The van der Waals surface area contributed by atoms with E-state index in [2.05, 4.69) is 37.3 Å². The third-order valence-corrected chi connectivity index (χ3v) is 3.09. The van der Waals surface area contributed by atoms with Crippen LogP contribution in [0.4, 0.5) is 0 Å². The summed E-state index contributed by atoms with van der Waals surface area (Å²) in [5.74, 6) is 0. The fraction of sp³-hybridized carbons (Fsp3) is 0.769. The van der Waals surface area contributed by atoms with E-state index < -0.39 is 0 Å². The summed E-state index contributed by atoms with van der Waals surface area (Å²) in [7, 11) is 1.98. The number of aryl methyl sites for hydroxylation is 2. The zero-order valence-electron chi connectivity index (χ0n) is 11.5. The number of nitrogens with zero attached hydrogens (tertiary/aromatic N) is 2. The predicted molar refractivity (Wildman–Crippen MR) is 69.8 cm³/mol. The molecule has 0 aromatic carbocycles. The minimum Gasteiger partial charge on any atom is -0.396 e. The molecular weight excluding hydrogens is 214 g/mol. The van der Waals surface area contributed by atoms with Crippen molar-refractivity contribution < 1.29 is 5.11 Å². The van der Waals surface area contributed by atoms with Crippen molar-refractivity contribution in [1.82, 2.24) is 15.1 Å². The zero-order chi connectivity index (χ0) is 12.9. The van der Waals surface area contributed by atoms with E-state index in [1.165, 1.54) is 5.69 Å². The van der Waals surface area contributed by atoms with Gasteiger partial charge in [-0.1, -0.05) is 20.8 Å². The molecule has 0 radical (unpaired) electrons. The van der Waals surface area contributed by atoms with Gasteiger partial charge in [-0.15, -0.1) is 0 Å². The molecule has 1 heterocycles. The quantitative estimate of drug-likeness (QED) is 0.758. The summed E-state index contributed by atoms with van der Waals surface area (Å²) >= 11 is 0. The molecule has 0 aliphatic carbocycles. The number of hydrogen-bond acceptors (Lipinski definition) is 3. The van der Waals surface area contributed by atoms with Gasteiger partial charge in [0.1, 0.15) is 0 Å². The normalized spacial score (nSPS) is 12.1. The molecule has 1 rings (SSSR count). The van der Waals surface area contributed by atoms with Gasteiger partial charge in [-0.05, 0) is 24.3 Å². The minimum absolute atomic E-state index is 0.140. The third kappa shape index (κ3) is 4.48. The number of hydrogen-bond donors (Lipinski definition) is 2. The van der Waals surface area contributed by atoms with Gasteiger partial charge < -0.3 is 10.4 Å². The van der Waals surface area contributed by atoms with E-state index in [1.807, 2.05) is 11.7 Å². The van der Waals surface area contributed by atoms with Crippen molar-refractivity contribution in [2.75, 3.05) is 13.2 Å². The van der Waals surface area contributed by atoms with Crippen molar-refractivity contribution in [3.05, 3.63) is 17.5 Å². The second-order valence-corrected chi connectivity index (χ2v) is 5.35. The molecule has 1 aromatic rings. The Bertz CT molecular complexity index is 344. The highest BCUT2D eigenvalue weighted by atomic mass is 16.3. The molecule has 98 valence electrons. The maximum absolute atomic E-state index is 8.96. The maximum atomic E-state index is 8.96. The molecule has 2 N–H and O–H groups in total. The Morgan fingerprint density at radius 2 is 2.18 bits per heavy atom. The molecule has 17 heavy (non-hydrogen) atoms. The van der Waals surface area contributed by atoms with Gasteiger partial charge in [0.2, 0.25) is 0 Å². The largest absolute Gasteiger partial charge is 0.396 e. The Morgan fingerprint density at radius 1 is 1.47 bits per heavy atom. The highest BCUT2D eigenvalue weighted by Gasteiger charge is 2.16. The number of aromatic nitrogens is 2. The van der Waals surface area contributed by atoms with E-state index >= 15 is 0 Å². The summed E-state index contributed by atoms with van der Waals surface area (Å²) in [6, 6.07) is 2.14. The first-order valence-electron chi connectivity index (χ1n) is 6.32. The van der Waals surface area contributed by atoms with Gasteiger partial charge in [0.15, 0.2) is 0 Å². The van der Waals surface area contributed by atoms with Crippen molar-refractivity contribution in [2.24, 2.45) is 12.5 Å². The molecule has 0 aliphatic heterocycles. The first kappa shape index (κ1) is 14.2. The van der Waals surface area contributed by atoms with Gasteiger partial charge >= 0.3 is 0 Å². The predicted octanol–water partition coefficient (Wildman–Crippen LogP) is 1.48. The fourth-order valence-electron chi connectivity index (χ4n) is 1.83. The number of aliphatic hydroxyl groups is 1. The van der Waals surface area contributed by atoms with Crippen molar-refractivity contribution in [3.63, 3.8) is 0 Å². The van der Waals surface area contributed by atoms with Gasteiger partial charge in [0, 0.05) is 26.7 Å². The summed E-state index contributed by atoms with van der Waals surface area (Å²) < 4.78 is 1.94. The van der Waals surface area contributed by atoms with Crippen molar-refractivity contribution in [2.45, 2.75) is 40.2 Å². The van der Waals surface area contributed by atoms with Crippen LogP contribution in [0.2, 0.25) is 0 Å². The summed E-state index contributed by atoms with van der Waals surface area (Å²) in [6.45, 7) is 8.43. The van der Waals surface area contributed by atoms with Crippen LogP contribution >= 0.6 is 0 Å². The summed E-state index contributed by atoms with van der Waals surface area (Å²) in [6.07, 6.45) is 1.80. The second-order valence-electron chi connectivity index (χ2n) is 5.35. The van der Waals surface area contributed by atoms with Crippen LogP contribution in [-0.2, 0) is 20.0 Å². The average Bonchev–Trinajstić information content (AvgIpc) is 2.59. The molecule has 4 heteroatoms. The van der Waals surface area contributed by atoms with Gasteiger partial charge in [0.25, 0.3) is 0 Å². The van der Waals surface area contributed by atoms with E-state index in [9.17, 15) is 0 Å². The van der Waals surface area contributed by atoms with Crippen LogP contribution in [0.3, 0.4) is 0 Å². The molecule has 0 saturated heterocycles. The lowest BCUT2D eigenvalue weighted by atomic mass is 9.90. The minimum atomic E-state index is 0.140. The van der Waals surface area contributed by atoms with E-state index in [-0.39, 0.29) is 12.0 Å². The SMILES string of the molecule is CCc1cc(CNCC(C)(C)CCO)n(C)n1. The van der Waals surface area contributed by atoms with Crippen molar-refractivity contribution in [3.8, 4) is 0 Å². The molecule has 0 bridgehead atoms. The zero-order valence-corrected chi connectivity index (χ0v) is 11.5. The lowest BCUT2D eigenvalue weighted by Gasteiger charge is -2.23. The molecule has 4 nitrogen and oxygen atoms in total. The number of aliphatic hydroxyl groups excluding tert-OH is 1. The van der Waals surface area contributed by atoms with E-state index in [1.54, 1.807) is 0 Å².